The first-order valence-electron chi connectivity index (χ1n) is 7.40. The molecule has 0 aromatic rings. The van der Waals surface area contributed by atoms with Gasteiger partial charge in [0.2, 0.25) is 0 Å². The van der Waals surface area contributed by atoms with Gasteiger partial charge >= 0.3 is 0 Å². The normalized spacial score (nSPS) is 28.9. The van der Waals surface area contributed by atoms with Crippen molar-refractivity contribution in [1.82, 2.24) is 10.2 Å². The molecule has 1 aliphatic heterocycles. The quantitative estimate of drug-likeness (QED) is 0.742. The molecule has 17 heavy (non-hydrogen) atoms. The van der Waals surface area contributed by atoms with Gasteiger partial charge in [0, 0.05) is 37.8 Å². The van der Waals surface area contributed by atoms with Crippen molar-refractivity contribution in [3.05, 3.63) is 0 Å². The summed E-state index contributed by atoms with van der Waals surface area (Å²) in [7, 11) is 0. The molecule has 0 aromatic heterocycles. The predicted octanol–water partition coefficient (Wildman–Crippen LogP) is 1.75. The van der Waals surface area contributed by atoms with Gasteiger partial charge in [-0.05, 0) is 39.0 Å². The minimum atomic E-state index is 0.324. The molecule has 100 valence electrons. The summed E-state index contributed by atoms with van der Waals surface area (Å²) in [6.07, 6.45) is 9.04. The van der Waals surface area contributed by atoms with Crippen LogP contribution in [0.2, 0.25) is 0 Å². The summed E-state index contributed by atoms with van der Waals surface area (Å²) < 4.78 is 0. The summed E-state index contributed by atoms with van der Waals surface area (Å²) >= 11 is 0. The summed E-state index contributed by atoms with van der Waals surface area (Å²) in [6.45, 7) is 5.10. The Hall–Kier alpha value is -0.120. The average molecular weight is 240 g/mol. The maximum atomic E-state index is 8.83. The monoisotopic (exact) mass is 240 g/mol. The molecule has 3 heteroatoms. The zero-order chi connectivity index (χ0) is 12.1. The van der Waals surface area contributed by atoms with E-state index in [0.29, 0.717) is 18.7 Å². The van der Waals surface area contributed by atoms with Crippen LogP contribution in [0.25, 0.3) is 0 Å². The molecule has 0 amide bonds. The Balaban J connectivity index is 1.66. The van der Waals surface area contributed by atoms with Crippen molar-refractivity contribution in [3.8, 4) is 0 Å². The number of hydrogen-bond acceptors (Lipinski definition) is 3. The SMILES string of the molecule is C[C@H](CCCO)N[C@@H]1CCN(C2CCCC2)C1. The van der Waals surface area contributed by atoms with Crippen LogP contribution in [0.1, 0.15) is 51.9 Å². The second kappa shape index (κ2) is 6.72. The van der Waals surface area contributed by atoms with Crippen LogP contribution < -0.4 is 5.32 Å². The Morgan fingerprint density at radius 3 is 2.76 bits per heavy atom. The molecule has 1 saturated carbocycles. The second-order valence-electron chi connectivity index (χ2n) is 5.85. The Labute approximate surface area is 106 Å². The largest absolute Gasteiger partial charge is 0.396 e. The molecular weight excluding hydrogens is 212 g/mol. The van der Waals surface area contributed by atoms with Crippen molar-refractivity contribution in [2.75, 3.05) is 19.7 Å². The zero-order valence-electron chi connectivity index (χ0n) is 11.2. The van der Waals surface area contributed by atoms with Crippen molar-refractivity contribution < 1.29 is 5.11 Å². The molecular formula is C14H28N2O. The fourth-order valence-electron chi connectivity index (χ4n) is 3.41. The van der Waals surface area contributed by atoms with Gasteiger partial charge in [-0.15, -0.1) is 0 Å². The average Bonchev–Trinajstić information content (AvgIpc) is 2.95. The van der Waals surface area contributed by atoms with Crippen molar-refractivity contribution >= 4 is 0 Å². The van der Waals surface area contributed by atoms with E-state index in [9.17, 15) is 0 Å². The molecule has 1 aliphatic carbocycles. The van der Waals surface area contributed by atoms with Crippen molar-refractivity contribution in [2.24, 2.45) is 0 Å². The summed E-state index contributed by atoms with van der Waals surface area (Å²) in [5.74, 6) is 0. The summed E-state index contributed by atoms with van der Waals surface area (Å²) in [6, 6.07) is 2.12. The Morgan fingerprint density at radius 2 is 2.06 bits per heavy atom. The minimum absolute atomic E-state index is 0.324. The van der Waals surface area contributed by atoms with Gasteiger partial charge in [0.05, 0.1) is 0 Å². The van der Waals surface area contributed by atoms with Crippen LogP contribution in [0.4, 0.5) is 0 Å². The van der Waals surface area contributed by atoms with Gasteiger partial charge in [-0.1, -0.05) is 12.8 Å². The van der Waals surface area contributed by atoms with Crippen LogP contribution in [0, 0.1) is 0 Å². The van der Waals surface area contributed by atoms with E-state index in [1.54, 1.807) is 0 Å². The van der Waals surface area contributed by atoms with E-state index in [2.05, 4.69) is 17.1 Å². The third kappa shape index (κ3) is 3.94. The second-order valence-corrected chi connectivity index (χ2v) is 5.85. The van der Waals surface area contributed by atoms with Gasteiger partial charge in [0.15, 0.2) is 0 Å². The number of nitrogens with zero attached hydrogens (tertiary/aromatic N) is 1. The number of hydrogen-bond donors (Lipinski definition) is 2. The van der Waals surface area contributed by atoms with Crippen LogP contribution in [0.5, 0.6) is 0 Å². The van der Waals surface area contributed by atoms with Gasteiger partial charge in [0.1, 0.15) is 0 Å². The van der Waals surface area contributed by atoms with Crippen molar-refractivity contribution in [2.45, 2.75) is 70.0 Å². The van der Waals surface area contributed by atoms with Crippen LogP contribution in [-0.4, -0.2) is 47.8 Å². The maximum absolute atomic E-state index is 8.83. The van der Waals surface area contributed by atoms with E-state index in [1.807, 2.05) is 0 Å². The molecule has 2 aliphatic rings. The summed E-state index contributed by atoms with van der Waals surface area (Å²) in [5.41, 5.74) is 0. The smallest absolute Gasteiger partial charge is 0.0431 e. The van der Waals surface area contributed by atoms with E-state index < -0.39 is 0 Å². The van der Waals surface area contributed by atoms with Crippen LogP contribution in [-0.2, 0) is 0 Å². The first-order valence-corrected chi connectivity index (χ1v) is 7.40. The number of likely N-dealkylation sites (tertiary alicyclic amines) is 1. The number of aliphatic hydroxyl groups excluding tert-OH is 1. The molecule has 3 nitrogen and oxygen atoms in total. The minimum Gasteiger partial charge on any atom is -0.396 e. The maximum Gasteiger partial charge on any atom is 0.0431 e. The van der Waals surface area contributed by atoms with Gasteiger partial charge in [-0.3, -0.25) is 4.90 Å². The first kappa shape index (κ1) is 13.3. The third-order valence-corrected chi connectivity index (χ3v) is 4.38. The lowest BCUT2D eigenvalue weighted by Crippen LogP contribution is -2.40. The molecule has 2 fully saturated rings. The van der Waals surface area contributed by atoms with Crippen molar-refractivity contribution in [3.63, 3.8) is 0 Å². The molecule has 1 saturated heterocycles. The first-order chi connectivity index (χ1) is 8.29. The molecule has 2 N–H and O–H groups in total. The standard InChI is InChI=1S/C14H28N2O/c1-12(5-4-10-17)15-13-8-9-16(11-13)14-6-2-3-7-14/h12-15,17H,2-11H2,1H3/t12-,13-/m1/s1. The highest BCUT2D eigenvalue weighted by atomic mass is 16.2. The molecule has 0 spiro atoms. The Morgan fingerprint density at radius 1 is 1.29 bits per heavy atom. The van der Waals surface area contributed by atoms with Crippen molar-refractivity contribution in [1.29, 1.82) is 0 Å². The van der Waals surface area contributed by atoms with E-state index in [4.69, 9.17) is 5.11 Å². The van der Waals surface area contributed by atoms with E-state index in [0.717, 1.165) is 18.9 Å². The molecule has 0 aromatic carbocycles. The fraction of sp³-hybridized carbons (Fsp3) is 1.00. The fourth-order valence-corrected chi connectivity index (χ4v) is 3.41. The highest BCUT2D eigenvalue weighted by Gasteiger charge is 2.30. The number of rotatable bonds is 6. The lowest BCUT2D eigenvalue weighted by atomic mass is 10.1. The lowest BCUT2D eigenvalue weighted by molar-refractivity contribution is 0.236. The predicted molar refractivity (Wildman–Crippen MR) is 71.2 cm³/mol. The summed E-state index contributed by atoms with van der Waals surface area (Å²) in [5, 5.41) is 12.5. The van der Waals surface area contributed by atoms with Gasteiger partial charge in [-0.2, -0.15) is 0 Å². The lowest BCUT2D eigenvalue weighted by Gasteiger charge is -2.24. The zero-order valence-corrected chi connectivity index (χ0v) is 11.2. The van der Waals surface area contributed by atoms with Crippen LogP contribution in [0.15, 0.2) is 0 Å². The van der Waals surface area contributed by atoms with E-state index in [1.165, 1.54) is 45.2 Å². The molecule has 0 bridgehead atoms. The molecule has 0 radical (unpaired) electrons. The summed E-state index contributed by atoms with van der Waals surface area (Å²) in [4.78, 5) is 2.70. The molecule has 0 unspecified atom stereocenters. The molecule has 2 atom stereocenters. The van der Waals surface area contributed by atoms with E-state index >= 15 is 0 Å². The highest BCUT2D eigenvalue weighted by molar-refractivity contribution is 4.88. The highest BCUT2D eigenvalue weighted by Crippen LogP contribution is 2.26. The molecule has 2 rings (SSSR count). The number of nitrogens with one attached hydrogen (secondary N) is 1. The van der Waals surface area contributed by atoms with Gasteiger partial charge in [0.25, 0.3) is 0 Å². The molecule has 1 heterocycles. The van der Waals surface area contributed by atoms with Gasteiger partial charge < -0.3 is 10.4 Å². The van der Waals surface area contributed by atoms with Gasteiger partial charge in [-0.25, -0.2) is 0 Å². The number of aliphatic hydroxyl groups is 1. The third-order valence-electron chi connectivity index (χ3n) is 4.38. The van der Waals surface area contributed by atoms with Crippen LogP contribution in [0.3, 0.4) is 0 Å². The van der Waals surface area contributed by atoms with E-state index in [-0.39, 0.29) is 0 Å². The van der Waals surface area contributed by atoms with Crippen LogP contribution >= 0.6 is 0 Å². The Kier molecular flexibility index (Phi) is 5.26. The topological polar surface area (TPSA) is 35.5 Å². The Bertz CT molecular complexity index is 216.